The molecule has 0 bridgehead atoms. The van der Waals surface area contributed by atoms with Crippen molar-refractivity contribution in [1.82, 2.24) is 0 Å². The number of benzene rings is 2. The minimum Gasteiger partial charge on any atom is -0.407 e. The van der Waals surface area contributed by atoms with E-state index in [2.05, 4.69) is 75.2 Å². The van der Waals surface area contributed by atoms with Crippen LogP contribution in [0.4, 0.5) is 0 Å². The Morgan fingerprint density at radius 2 is 1.50 bits per heavy atom. The molecule has 0 aliphatic heterocycles. The van der Waals surface area contributed by atoms with Crippen LogP contribution < -0.4 is 10.4 Å². The van der Waals surface area contributed by atoms with Gasteiger partial charge in [-0.3, -0.25) is 0 Å². The summed E-state index contributed by atoms with van der Waals surface area (Å²) in [6.45, 7) is 7.43. The van der Waals surface area contributed by atoms with Crippen molar-refractivity contribution in [2.75, 3.05) is 6.61 Å². The first kappa shape index (κ1) is 20.4. The van der Waals surface area contributed by atoms with Gasteiger partial charge in [0.15, 0.2) is 0 Å². The van der Waals surface area contributed by atoms with Gasteiger partial charge in [0.05, 0.1) is 6.10 Å². The van der Waals surface area contributed by atoms with E-state index in [1.54, 1.807) is 0 Å². The predicted molar refractivity (Wildman–Crippen MR) is 112 cm³/mol. The minimum absolute atomic E-state index is 0.0207. The Morgan fingerprint density at radius 3 is 1.92 bits per heavy atom. The Kier molecular flexibility index (Phi) is 7.22. The summed E-state index contributed by atoms with van der Waals surface area (Å²) in [6.07, 6.45) is 6.71. The largest absolute Gasteiger partial charge is 0.407 e. The number of aliphatic hydroxyl groups is 1. The van der Waals surface area contributed by atoms with E-state index in [-0.39, 0.29) is 5.04 Å². The van der Waals surface area contributed by atoms with Crippen LogP contribution in [0.1, 0.15) is 40.0 Å². The quantitative estimate of drug-likeness (QED) is 0.438. The van der Waals surface area contributed by atoms with Crippen molar-refractivity contribution in [3.8, 4) is 12.3 Å². The number of hydrogen-bond donors (Lipinski definition) is 1. The number of rotatable bonds is 8. The van der Waals surface area contributed by atoms with E-state index in [0.717, 1.165) is 6.42 Å². The highest BCUT2D eigenvalue weighted by Crippen LogP contribution is 2.36. The molecule has 0 amide bonds. The molecule has 138 valence electrons. The third kappa shape index (κ3) is 4.65. The van der Waals surface area contributed by atoms with Crippen LogP contribution in [-0.4, -0.2) is 26.1 Å². The van der Waals surface area contributed by atoms with Crippen LogP contribution in [-0.2, 0) is 4.43 Å². The molecule has 0 fully saturated rings. The second-order valence-electron chi connectivity index (χ2n) is 7.72. The van der Waals surface area contributed by atoms with Gasteiger partial charge in [-0.2, -0.15) is 0 Å². The predicted octanol–water partition coefficient (Wildman–Crippen LogP) is 3.73. The first-order valence-corrected chi connectivity index (χ1v) is 11.2. The summed E-state index contributed by atoms with van der Waals surface area (Å²) in [5.74, 6) is 2.52. The van der Waals surface area contributed by atoms with Crippen molar-refractivity contribution in [3.63, 3.8) is 0 Å². The molecule has 3 heteroatoms. The summed E-state index contributed by atoms with van der Waals surface area (Å²) < 4.78 is 6.77. The Bertz CT molecular complexity index is 659. The molecule has 26 heavy (non-hydrogen) atoms. The van der Waals surface area contributed by atoms with Crippen LogP contribution in [0.5, 0.6) is 0 Å². The topological polar surface area (TPSA) is 29.5 Å². The van der Waals surface area contributed by atoms with Crippen molar-refractivity contribution in [3.05, 3.63) is 60.7 Å². The highest BCUT2D eigenvalue weighted by Gasteiger charge is 2.49. The van der Waals surface area contributed by atoms with Gasteiger partial charge in [0.25, 0.3) is 8.32 Å². The summed E-state index contributed by atoms with van der Waals surface area (Å²) in [5.41, 5.74) is 0. The number of aliphatic hydroxyl groups excluding tert-OH is 1. The Labute approximate surface area is 159 Å². The average molecular weight is 367 g/mol. The zero-order valence-electron chi connectivity index (χ0n) is 16.1. The van der Waals surface area contributed by atoms with Gasteiger partial charge in [-0.15, -0.1) is 12.3 Å². The van der Waals surface area contributed by atoms with E-state index >= 15 is 0 Å². The van der Waals surface area contributed by atoms with Crippen molar-refractivity contribution < 1.29 is 9.53 Å². The summed E-state index contributed by atoms with van der Waals surface area (Å²) in [6, 6.07) is 21.2. The van der Waals surface area contributed by atoms with Gasteiger partial charge >= 0.3 is 0 Å². The third-order valence-corrected chi connectivity index (χ3v) is 9.81. The van der Waals surface area contributed by atoms with E-state index in [1.807, 2.05) is 12.1 Å². The highest BCUT2D eigenvalue weighted by atomic mass is 28.4. The molecule has 1 unspecified atom stereocenters. The summed E-state index contributed by atoms with van der Waals surface area (Å²) in [7, 11) is -2.46. The van der Waals surface area contributed by atoms with Gasteiger partial charge in [0, 0.05) is 13.0 Å². The zero-order valence-corrected chi connectivity index (χ0v) is 17.1. The van der Waals surface area contributed by atoms with Crippen molar-refractivity contribution in [1.29, 1.82) is 0 Å². The normalized spacial score (nSPS) is 13.2. The maximum Gasteiger partial charge on any atom is 0.261 e. The fourth-order valence-corrected chi connectivity index (χ4v) is 8.15. The van der Waals surface area contributed by atoms with Crippen LogP contribution >= 0.6 is 0 Å². The maximum atomic E-state index is 9.89. The van der Waals surface area contributed by atoms with Gasteiger partial charge in [0.1, 0.15) is 0 Å². The molecule has 1 N–H and O–H groups in total. The molecule has 0 saturated carbocycles. The van der Waals surface area contributed by atoms with E-state index in [4.69, 9.17) is 10.8 Å². The minimum atomic E-state index is -2.46. The number of terminal acetylenes is 1. The maximum absolute atomic E-state index is 9.89. The van der Waals surface area contributed by atoms with E-state index < -0.39 is 14.4 Å². The smallest absolute Gasteiger partial charge is 0.261 e. The number of hydrogen-bond acceptors (Lipinski definition) is 2. The Balaban J connectivity index is 2.34. The van der Waals surface area contributed by atoms with E-state index in [1.165, 1.54) is 10.4 Å². The van der Waals surface area contributed by atoms with Crippen LogP contribution in [0.2, 0.25) is 5.04 Å². The van der Waals surface area contributed by atoms with Gasteiger partial charge in [0.2, 0.25) is 0 Å². The molecule has 0 aliphatic carbocycles. The van der Waals surface area contributed by atoms with Crippen molar-refractivity contribution in [2.24, 2.45) is 0 Å². The van der Waals surface area contributed by atoms with E-state index in [9.17, 15) is 5.11 Å². The van der Waals surface area contributed by atoms with Crippen molar-refractivity contribution >= 4 is 18.7 Å². The van der Waals surface area contributed by atoms with Crippen LogP contribution in [0, 0.1) is 12.3 Å². The lowest BCUT2D eigenvalue weighted by atomic mass is 10.1. The van der Waals surface area contributed by atoms with Crippen LogP contribution in [0.15, 0.2) is 60.7 Å². The summed E-state index contributed by atoms with van der Waals surface area (Å²) in [5, 5.41) is 12.4. The summed E-state index contributed by atoms with van der Waals surface area (Å²) >= 11 is 0. The molecule has 2 aromatic carbocycles. The lowest BCUT2D eigenvalue weighted by Gasteiger charge is -2.43. The molecular formula is C23H30O2Si. The standard InChI is InChI=1S/C23H30O2Si/c1-5-13-20(24)14-12-19-25-26(23(2,3)4,21-15-8-6-9-16-21)22-17-10-7-11-18-22/h1,6-11,15-18,20,24H,12-14,19H2,2-4H3. The molecule has 2 rings (SSSR count). The molecule has 0 saturated heterocycles. The van der Waals surface area contributed by atoms with Crippen LogP contribution in [0.3, 0.4) is 0 Å². The van der Waals surface area contributed by atoms with Gasteiger partial charge in [-0.25, -0.2) is 0 Å². The van der Waals surface area contributed by atoms with Crippen molar-refractivity contribution in [2.45, 2.75) is 51.2 Å². The Hall–Kier alpha value is -1.86. The van der Waals surface area contributed by atoms with Crippen LogP contribution in [0.25, 0.3) is 0 Å². The summed E-state index contributed by atoms with van der Waals surface area (Å²) in [4.78, 5) is 0. The fraction of sp³-hybridized carbons (Fsp3) is 0.391. The molecule has 2 nitrogen and oxygen atoms in total. The molecule has 0 aromatic heterocycles. The fourth-order valence-electron chi connectivity index (χ4n) is 3.54. The van der Waals surface area contributed by atoms with Gasteiger partial charge < -0.3 is 9.53 Å². The molecule has 1 atom stereocenters. The van der Waals surface area contributed by atoms with Gasteiger partial charge in [-0.1, -0.05) is 81.4 Å². The Morgan fingerprint density at radius 1 is 1.00 bits per heavy atom. The average Bonchev–Trinajstić information content (AvgIpc) is 2.62. The molecule has 0 radical (unpaired) electrons. The lowest BCUT2D eigenvalue weighted by molar-refractivity contribution is 0.156. The molecular weight excluding hydrogens is 336 g/mol. The van der Waals surface area contributed by atoms with Gasteiger partial charge in [-0.05, 0) is 28.3 Å². The molecule has 0 aliphatic rings. The molecule has 0 heterocycles. The lowest BCUT2D eigenvalue weighted by Crippen LogP contribution is -2.66. The molecule has 0 spiro atoms. The third-order valence-electron chi connectivity index (χ3n) is 4.77. The first-order chi connectivity index (χ1) is 12.4. The van der Waals surface area contributed by atoms with E-state index in [0.29, 0.717) is 19.4 Å². The zero-order chi connectivity index (χ0) is 19.0. The first-order valence-electron chi connectivity index (χ1n) is 9.28. The molecule has 2 aromatic rings. The SMILES string of the molecule is C#CCC(O)CCCO[Si](c1ccccc1)(c1ccccc1)C(C)(C)C. The highest BCUT2D eigenvalue weighted by molar-refractivity contribution is 6.99. The monoisotopic (exact) mass is 366 g/mol. The second kappa shape index (κ2) is 9.18. The second-order valence-corrected chi connectivity index (χ2v) is 12.0.